The maximum atomic E-state index is 13.4. The van der Waals surface area contributed by atoms with Crippen molar-refractivity contribution in [3.63, 3.8) is 0 Å². The highest BCUT2D eigenvalue weighted by Crippen LogP contribution is 2.24. The molecule has 0 N–H and O–H groups in total. The van der Waals surface area contributed by atoms with E-state index in [-0.39, 0.29) is 23.7 Å². The van der Waals surface area contributed by atoms with Crippen LogP contribution < -0.4 is 5.56 Å². The first-order valence-electron chi connectivity index (χ1n) is 9.94. The fourth-order valence-corrected chi connectivity index (χ4v) is 3.78. The molecule has 1 aliphatic heterocycles. The number of rotatable bonds is 6. The number of ether oxygens (including phenoxy) is 1. The Kier molecular flexibility index (Phi) is 7.22. The van der Waals surface area contributed by atoms with Crippen LogP contribution in [0.25, 0.3) is 0 Å². The van der Waals surface area contributed by atoms with Gasteiger partial charge < -0.3 is 9.64 Å². The summed E-state index contributed by atoms with van der Waals surface area (Å²) in [4.78, 5) is 52.7. The molecule has 0 bridgehead atoms. The number of esters is 1. The van der Waals surface area contributed by atoms with E-state index in [0.717, 1.165) is 22.8 Å². The third kappa shape index (κ3) is 5.19. The smallest absolute Gasteiger partial charge is 0.310 e. The largest absolute Gasteiger partial charge is 0.466 e. The molecule has 1 amide bonds. The molecule has 2 heterocycles. The van der Waals surface area contributed by atoms with Gasteiger partial charge in [-0.2, -0.15) is 0 Å². The van der Waals surface area contributed by atoms with Crippen molar-refractivity contribution < 1.29 is 23.5 Å². The zero-order valence-electron chi connectivity index (χ0n) is 16.9. The van der Waals surface area contributed by atoms with Gasteiger partial charge in [0.1, 0.15) is 5.82 Å². The summed E-state index contributed by atoms with van der Waals surface area (Å²) in [5, 5.41) is 0.173. The lowest BCUT2D eigenvalue weighted by Crippen LogP contribution is -2.48. The highest BCUT2D eigenvalue weighted by molar-refractivity contribution is 6.30. The minimum absolute atomic E-state index is 0.0746. The van der Waals surface area contributed by atoms with Crippen LogP contribution in [0.1, 0.15) is 36.2 Å². The Bertz CT molecular complexity index is 1040. The molecule has 2 atom stereocenters. The SMILES string of the molecule is CCOC(=O)[C@@H]1CCCN(C(=O)[C@H](C(=O)c2ccc(F)cc2)n2cc(Cl)ccc2=O)C1. The van der Waals surface area contributed by atoms with E-state index < -0.39 is 41.0 Å². The minimum atomic E-state index is -1.53. The third-order valence-corrected chi connectivity index (χ3v) is 5.37. The monoisotopic (exact) mass is 448 g/mol. The molecule has 3 rings (SSSR count). The molecule has 1 aromatic heterocycles. The van der Waals surface area contributed by atoms with E-state index in [9.17, 15) is 23.6 Å². The number of Topliss-reactive ketones (excluding diaryl/α,β-unsaturated/α-hetero) is 1. The number of ketones is 1. The van der Waals surface area contributed by atoms with Crippen LogP contribution in [0.4, 0.5) is 4.39 Å². The van der Waals surface area contributed by atoms with E-state index in [1.54, 1.807) is 6.92 Å². The standard InChI is InChI=1S/C22H22ClFN2O5/c1-2-31-22(30)15-4-3-11-25(12-15)21(29)19(26-13-16(23)7-10-18(26)27)20(28)14-5-8-17(24)9-6-14/h5-10,13,15,19H,2-4,11-12H2,1H3/t15-,19+/m1/s1. The van der Waals surface area contributed by atoms with Crippen molar-refractivity contribution in [1.82, 2.24) is 9.47 Å². The second kappa shape index (κ2) is 9.87. The van der Waals surface area contributed by atoms with E-state index in [1.165, 1.54) is 29.3 Å². The van der Waals surface area contributed by atoms with Gasteiger partial charge in [0.15, 0.2) is 11.8 Å². The van der Waals surface area contributed by atoms with Crippen LogP contribution in [0, 0.1) is 11.7 Å². The molecule has 0 unspecified atom stereocenters. The van der Waals surface area contributed by atoms with E-state index in [0.29, 0.717) is 19.4 Å². The lowest BCUT2D eigenvalue weighted by Gasteiger charge is -2.34. The molecule has 0 aliphatic carbocycles. The van der Waals surface area contributed by atoms with Crippen LogP contribution >= 0.6 is 11.6 Å². The second-order valence-electron chi connectivity index (χ2n) is 7.24. The predicted molar refractivity (Wildman–Crippen MR) is 111 cm³/mol. The van der Waals surface area contributed by atoms with Crippen LogP contribution in [0.5, 0.6) is 0 Å². The summed E-state index contributed by atoms with van der Waals surface area (Å²) in [7, 11) is 0. The molecule has 7 nitrogen and oxygen atoms in total. The van der Waals surface area contributed by atoms with Crippen LogP contribution in [0.2, 0.25) is 5.02 Å². The molecule has 164 valence electrons. The van der Waals surface area contributed by atoms with Crippen molar-refractivity contribution in [3.05, 3.63) is 69.4 Å². The number of pyridine rings is 1. The number of aromatic nitrogens is 1. The van der Waals surface area contributed by atoms with Gasteiger partial charge in [0, 0.05) is 30.9 Å². The van der Waals surface area contributed by atoms with E-state index in [4.69, 9.17) is 16.3 Å². The van der Waals surface area contributed by atoms with Crippen LogP contribution in [-0.4, -0.2) is 46.8 Å². The average Bonchev–Trinajstić information content (AvgIpc) is 2.77. The summed E-state index contributed by atoms with van der Waals surface area (Å²) < 4.78 is 19.4. The molecular weight excluding hydrogens is 427 g/mol. The van der Waals surface area contributed by atoms with E-state index >= 15 is 0 Å². The zero-order chi connectivity index (χ0) is 22.5. The van der Waals surface area contributed by atoms with Gasteiger partial charge in [-0.1, -0.05) is 11.6 Å². The summed E-state index contributed by atoms with van der Waals surface area (Å²) >= 11 is 6.02. The number of benzene rings is 1. The predicted octanol–water partition coefficient (Wildman–Crippen LogP) is 2.87. The lowest BCUT2D eigenvalue weighted by molar-refractivity contribution is -0.151. The number of carbonyl (C=O) groups is 3. The number of hydrogen-bond acceptors (Lipinski definition) is 5. The van der Waals surface area contributed by atoms with Gasteiger partial charge in [0.05, 0.1) is 17.5 Å². The zero-order valence-corrected chi connectivity index (χ0v) is 17.7. The number of nitrogens with zero attached hydrogens (tertiary/aromatic N) is 2. The number of halogens is 2. The molecule has 1 fully saturated rings. The summed E-state index contributed by atoms with van der Waals surface area (Å²) in [5.41, 5.74) is -0.511. The van der Waals surface area contributed by atoms with Gasteiger partial charge in [0.2, 0.25) is 0 Å². The Morgan fingerprint density at radius 3 is 2.58 bits per heavy atom. The van der Waals surface area contributed by atoms with Gasteiger partial charge in [-0.15, -0.1) is 0 Å². The number of hydrogen-bond donors (Lipinski definition) is 0. The fourth-order valence-electron chi connectivity index (χ4n) is 3.61. The van der Waals surface area contributed by atoms with Crippen LogP contribution in [-0.2, 0) is 14.3 Å². The number of carbonyl (C=O) groups excluding carboxylic acids is 3. The maximum Gasteiger partial charge on any atom is 0.310 e. The lowest BCUT2D eigenvalue weighted by atomic mass is 9.96. The topological polar surface area (TPSA) is 85.7 Å². The van der Waals surface area contributed by atoms with Gasteiger partial charge >= 0.3 is 5.97 Å². The summed E-state index contributed by atoms with van der Waals surface area (Å²) in [6, 6.07) is 5.72. The number of likely N-dealkylation sites (tertiary alicyclic amines) is 1. The van der Waals surface area contributed by atoms with Crippen molar-refractivity contribution >= 4 is 29.3 Å². The first-order valence-corrected chi connectivity index (χ1v) is 10.3. The highest BCUT2D eigenvalue weighted by Gasteiger charge is 2.37. The molecular formula is C22H22ClFN2O5. The second-order valence-corrected chi connectivity index (χ2v) is 7.68. The first kappa shape index (κ1) is 22.7. The summed E-state index contributed by atoms with van der Waals surface area (Å²) in [6.45, 7) is 2.34. The van der Waals surface area contributed by atoms with Crippen molar-refractivity contribution in [2.75, 3.05) is 19.7 Å². The van der Waals surface area contributed by atoms with Crippen molar-refractivity contribution in [2.24, 2.45) is 5.92 Å². The molecule has 9 heteroatoms. The van der Waals surface area contributed by atoms with Crippen LogP contribution in [0.15, 0.2) is 47.4 Å². The highest BCUT2D eigenvalue weighted by atomic mass is 35.5. The average molecular weight is 449 g/mol. The summed E-state index contributed by atoms with van der Waals surface area (Å²) in [6.07, 6.45) is 2.34. The molecule has 2 aromatic rings. The molecule has 1 aromatic carbocycles. The Morgan fingerprint density at radius 1 is 1.19 bits per heavy atom. The Labute approximate surface area is 183 Å². The van der Waals surface area contributed by atoms with Gasteiger partial charge in [-0.05, 0) is 50.1 Å². The third-order valence-electron chi connectivity index (χ3n) is 5.14. The molecule has 0 radical (unpaired) electrons. The molecule has 0 saturated carbocycles. The number of piperidine rings is 1. The molecule has 1 saturated heterocycles. The first-order chi connectivity index (χ1) is 14.8. The Morgan fingerprint density at radius 2 is 1.90 bits per heavy atom. The van der Waals surface area contributed by atoms with Gasteiger partial charge in [-0.3, -0.25) is 23.7 Å². The van der Waals surface area contributed by atoms with E-state index in [1.807, 2.05) is 0 Å². The molecule has 1 aliphatic rings. The van der Waals surface area contributed by atoms with Gasteiger partial charge in [0.25, 0.3) is 11.5 Å². The van der Waals surface area contributed by atoms with Gasteiger partial charge in [-0.25, -0.2) is 4.39 Å². The minimum Gasteiger partial charge on any atom is -0.466 e. The fraction of sp³-hybridized carbons (Fsp3) is 0.364. The number of amides is 1. The Hall–Kier alpha value is -3.00. The Balaban J connectivity index is 1.97. The van der Waals surface area contributed by atoms with Crippen molar-refractivity contribution in [2.45, 2.75) is 25.8 Å². The maximum absolute atomic E-state index is 13.4. The molecule has 0 spiro atoms. The quantitative estimate of drug-likeness (QED) is 0.385. The van der Waals surface area contributed by atoms with Crippen molar-refractivity contribution in [3.8, 4) is 0 Å². The molecule has 31 heavy (non-hydrogen) atoms. The van der Waals surface area contributed by atoms with Crippen LogP contribution in [0.3, 0.4) is 0 Å². The summed E-state index contributed by atoms with van der Waals surface area (Å²) in [5.74, 6) is -2.75. The van der Waals surface area contributed by atoms with E-state index in [2.05, 4.69) is 0 Å². The normalized spacial score (nSPS) is 17.1. The van der Waals surface area contributed by atoms with Crippen molar-refractivity contribution in [1.29, 1.82) is 0 Å².